The van der Waals surface area contributed by atoms with Gasteiger partial charge < -0.3 is 9.32 Å². The largest absolute Gasteiger partial charge is 0.426 e. The zero-order valence-corrected chi connectivity index (χ0v) is 11.9. The summed E-state index contributed by atoms with van der Waals surface area (Å²) in [5.74, 6) is 2.28. The van der Waals surface area contributed by atoms with Gasteiger partial charge in [0.15, 0.2) is 0 Å². The molecule has 1 fully saturated rings. The molecule has 0 N–H and O–H groups in total. The van der Waals surface area contributed by atoms with E-state index in [4.69, 9.17) is 4.42 Å². The highest BCUT2D eigenvalue weighted by molar-refractivity contribution is 4.82. The van der Waals surface area contributed by atoms with Gasteiger partial charge in [0.2, 0.25) is 11.8 Å². The van der Waals surface area contributed by atoms with Crippen molar-refractivity contribution in [2.45, 2.75) is 58.4 Å². The number of hydrogen-bond acceptors (Lipinski definition) is 4. The van der Waals surface area contributed by atoms with Crippen LogP contribution in [0.15, 0.2) is 4.42 Å². The Labute approximate surface area is 110 Å². The molecule has 2 atom stereocenters. The fraction of sp³-hybridized carbons (Fsp3) is 0.857. The Hall–Kier alpha value is -0.900. The van der Waals surface area contributed by atoms with Crippen LogP contribution < -0.4 is 0 Å². The molecule has 1 aliphatic carbocycles. The third kappa shape index (κ3) is 3.55. The average Bonchev–Trinajstić information content (AvgIpc) is 2.75. The average molecular weight is 251 g/mol. The molecule has 4 heteroatoms. The SMILES string of the molecule is Cc1nnc(CCCN(C)[C@H]2CCCC[C@@H]2C)o1. The predicted molar refractivity (Wildman–Crippen MR) is 71.4 cm³/mol. The van der Waals surface area contributed by atoms with Crippen molar-refractivity contribution in [3.8, 4) is 0 Å². The van der Waals surface area contributed by atoms with Crippen molar-refractivity contribution in [3.63, 3.8) is 0 Å². The number of aryl methyl sites for hydroxylation is 2. The third-order valence-corrected chi connectivity index (χ3v) is 4.10. The van der Waals surface area contributed by atoms with Gasteiger partial charge in [-0.2, -0.15) is 0 Å². The van der Waals surface area contributed by atoms with Crippen molar-refractivity contribution in [2.75, 3.05) is 13.6 Å². The van der Waals surface area contributed by atoms with Crippen LogP contribution in [0.1, 0.15) is 50.8 Å². The molecule has 0 radical (unpaired) electrons. The first-order valence-corrected chi connectivity index (χ1v) is 7.16. The van der Waals surface area contributed by atoms with E-state index in [1.54, 1.807) is 0 Å². The highest BCUT2D eigenvalue weighted by Crippen LogP contribution is 2.27. The lowest BCUT2D eigenvalue weighted by molar-refractivity contribution is 0.138. The van der Waals surface area contributed by atoms with Gasteiger partial charge in [-0.05, 0) is 38.8 Å². The molecule has 2 rings (SSSR count). The molecule has 1 aliphatic rings. The van der Waals surface area contributed by atoms with Crippen molar-refractivity contribution >= 4 is 0 Å². The molecule has 0 amide bonds. The Morgan fingerprint density at radius 3 is 2.72 bits per heavy atom. The molecular formula is C14H25N3O. The highest BCUT2D eigenvalue weighted by Gasteiger charge is 2.24. The predicted octanol–water partition coefficient (Wildman–Crippen LogP) is 2.82. The molecule has 0 unspecified atom stereocenters. The summed E-state index contributed by atoms with van der Waals surface area (Å²) in [6, 6.07) is 0.767. The smallest absolute Gasteiger partial charge is 0.216 e. The molecule has 1 aromatic rings. The summed E-state index contributed by atoms with van der Waals surface area (Å²) in [6.45, 7) is 5.35. The maximum Gasteiger partial charge on any atom is 0.216 e. The molecule has 102 valence electrons. The first-order chi connectivity index (χ1) is 8.66. The van der Waals surface area contributed by atoms with Gasteiger partial charge >= 0.3 is 0 Å². The molecule has 1 aromatic heterocycles. The van der Waals surface area contributed by atoms with Crippen molar-refractivity contribution in [2.24, 2.45) is 5.92 Å². The van der Waals surface area contributed by atoms with E-state index >= 15 is 0 Å². The van der Waals surface area contributed by atoms with Crippen LogP contribution in [0.3, 0.4) is 0 Å². The van der Waals surface area contributed by atoms with Crippen LogP contribution in [0.25, 0.3) is 0 Å². The topological polar surface area (TPSA) is 42.2 Å². The first-order valence-electron chi connectivity index (χ1n) is 7.16. The van der Waals surface area contributed by atoms with Crippen LogP contribution in [0.4, 0.5) is 0 Å². The van der Waals surface area contributed by atoms with Gasteiger partial charge in [-0.1, -0.05) is 19.8 Å². The summed E-state index contributed by atoms with van der Waals surface area (Å²) >= 11 is 0. The standard InChI is InChI=1S/C14H25N3O/c1-11-7-4-5-8-13(11)17(3)10-6-9-14-16-15-12(2)18-14/h11,13H,4-10H2,1-3H3/t11-,13-/m0/s1. The Morgan fingerprint density at radius 1 is 1.28 bits per heavy atom. The van der Waals surface area contributed by atoms with Crippen LogP contribution in [0, 0.1) is 12.8 Å². The van der Waals surface area contributed by atoms with E-state index in [9.17, 15) is 0 Å². The van der Waals surface area contributed by atoms with Crippen molar-refractivity contribution in [3.05, 3.63) is 11.8 Å². The second kappa shape index (κ2) is 6.32. The highest BCUT2D eigenvalue weighted by atomic mass is 16.4. The minimum absolute atomic E-state index is 0.666. The minimum Gasteiger partial charge on any atom is -0.426 e. The summed E-state index contributed by atoms with van der Waals surface area (Å²) in [5, 5.41) is 7.89. The summed E-state index contributed by atoms with van der Waals surface area (Å²) in [7, 11) is 2.26. The Kier molecular flexibility index (Phi) is 4.75. The molecule has 1 saturated carbocycles. The zero-order valence-electron chi connectivity index (χ0n) is 11.9. The maximum atomic E-state index is 5.39. The van der Waals surface area contributed by atoms with Gasteiger partial charge in [-0.3, -0.25) is 0 Å². The van der Waals surface area contributed by atoms with E-state index in [1.165, 1.54) is 25.7 Å². The summed E-state index contributed by atoms with van der Waals surface area (Å²) in [5.41, 5.74) is 0. The van der Waals surface area contributed by atoms with Crippen LogP contribution in [-0.4, -0.2) is 34.7 Å². The molecule has 0 aromatic carbocycles. The van der Waals surface area contributed by atoms with Gasteiger partial charge in [0.25, 0.3) is 0 Å². The number of aromatic nitrogens is 2. The second-order valence-electron chi connectivity index (χ2n) is 5.63. The quantitative estimate of drug-likeness (QED) is 0.807. The van der Waals surface area contributed by atoms with Gasteiger partial charge in [0, 0.05) is 19.4 Å². The van der Waals surface area contributed by atoms with Gasteiger partial charge in [-0.15, -0.1) is 10.2 Å². The van der Waals surface area contributed by atoms with Gasteiger partial charge in [0.1, 0.15) is 0 Å². The number of hydrogen-bond donors (Lipinski definition) is 0. The maximum absolute atomic E-state index is 5.39. The normalized spacial score (nSPS) is 24.7. The molecule has 0 aliphatic heterocycles. The van der Waals surface area contributed by atoms with Crippen molar-refractivity contribution < 1.29 is 4.42 Å². The summed E-state index contributed by atoms with van der Waals surface area (Å²) in [6.07, 6.45) is 7.54. The molecular weight excluding hydrogens is 226 g/mol. The third-order valence-electron chi connectivity index (χ3n) is 4.10. The first kappa shape index (κ1) is 13.5. The van der Waals surface area contributed by atoms with E-state index in [2.05, 4.69) is 29.1 Å². The lowest BCUT2D eigenvalue weighted by Crippen LogP contribution is -2.39. The van der Waals surface area contributed by atoms with Crippen LogP contribution in [-0.2, 0) is 6.42 Å². The molecule has 0 bridgehead atoms. The van der Waals surface area contributed by atoms with E-state index in [-0.39, 0.29) is 0 Å². The lowest BCUT2D eigenvalue weighted by Gasteiger charge is -2.36. The molecule has 0 spiro atoms. The fourth-order valence-corrected chi connectivity index (χ4v) is 3.04. The van der Waals surface area contributed by atoms with Crippen LogP contribution in [0.5, 0.6) is 0 Å². The van der Waals surface area contributed by atoms with E-state index < -0.39 is 0 Å². The van der Waals surface area contributed by atoms with E-state index in [1.807, 2.05) is 6.92 Å². The van der Waals surface area contributed by atoms with E-state index in [0.717, 1.165) is 37.2 Å². The Morgan fingerprint density at radius 2 is 2.06 bits per heavy atom. The van der Waals surface area contributed by atoms with Crippen LogP contribution in [0.2, 0.25) is 0 Å². The van der Waals surface area contributed by atoms with Crippen molar-refractivity contribution in [1.82, 2.24) is 15.1 Å². The second-order valence-corrected chi connectivity index (χ2v) is 5.63. The minimum atomic E-state index is 0.666. The van der Waals surface area contributed by atoms with Crippen molar-refractivity contribution in [1.29, 1.82) is 0 Å². The summed E-state index contributed by atoms with van der Waals surface area (Å²) < 4.78 is 5.39. The monoisotopic (exact) mass is 251 g/mol. The number of nitrogens with zero attached hydrogens (tertiary/aromatic N) is 3. The number of rotatable bonds is 5. The lowest BCUT2D eigenvalue weighted by atomic mass is 9.85. The zero-order chi connectivity index (χ0) is 13.0. The van der Waals surface area contributed by atoms with Crippen LogP contribution >= 0.6 is 0 Å². The molecule has 18 heavy (non-hydrogen) atoms. The molecule has 4 nitrogen and oxygen atoms in total. The Bertz CT molecular complexity index is 364. The molecule has 0 saturated heterocycles. The molecule has 1 heterocycles. The van der Waals surface area contributed by atoms with Gasteiger partial charge in [0.05, 0.1) is 0 Å². The Balaban J connectivity index is 1.72. The van der Waals surface area contributed by atoms with E-state index in [0.29, 0.717) is 5.89 Å². The fourth-order valence-electron chi connectivity index (χ4n) is 3.04. The van der Waals surface area contributed by atoms with Gasteiger partial charge in [-0.25, -0.2) is 0 Å². The summed E-state index contributed by atoms with van der Waals surface area (Å²) in [4.78, 5) is 2.52.